The van der Waals surface area contributed by atoms with Gasteiger partial charge in [-0.05, 0) is 26.7 Å². The molecule has 0 aromatic rings. The minimum atomic E-state index is 0.0818. The second-order valence-corrected chi connectivity index (χ2v) is 5.28. The Morgan fingerprint density at radius 1 is 1.41 bits per heavy atom. The fraction of sp³-hybridized carbons (Fsp3) is 0.923. The Morgan fingerprint density at radius 2 is 2.06 bits per heavy atom. The number of nitrogens with two attached hydrogens (primary N) is 1. The van der Waals surface area contributed by atoms with Crippen LogP contribution in [-0.2, 0) is 4.79 Å². The molecule has 0 heterocycles. The molecule has 4 nitrogen and oxygen atoms in total. The van der Waals surface area contributed by atoms with E-state index in [0.29, 0.717) is 24.7 Å². The maximum atomic E-state index is 11.3. The van der Waals surface area contributed by atoms with E-state index in [1.165, 1.54) is 19.3 Å². The monoisotopic (exact) mass is 241 g/mol. The molecular weight excluding hydrogens is 214 g/mol. The van der Waals surface area contributed by atoms with Crippen molar-refractivity contribution in [2.45, 2.75) is 64.6 Å². The second-order valence-electron chi connectivity index (χ2n) is 5.28. The van der Waals surface area contributed by atoms with Gasteiger partial charge in [0.25, 0.3) is 0 Å². The Bertz CT molecular complexity index is 243. The first kappa shape index (κ1) is 14.5. The molecule has 100 valence electrons. The Hall–Kier alpha value is -0.610. The lowest BCUT2D eigenvalue weighted by Gasteiger charge is -2.42. The highest BCUT2D eigenvalue weighted by Gasteiger charge is 2.31. The van der Waals surface area contributed by atoms with Crippen molar-refractivity contribution < 1.29 is 4.79 Å². The molecule has 1 saturated carbocycles. The van der Waals surface area contributed by atoms with E-state index >= 15 is 0 Å². The molecule has 1 rings (SSSR count). The van der Waals surface area contributed by atoms with Gasteiger partial charge in [-0.15, -0.1) is 0 Å². The van der Waals surface area contributed by atoms with E-state index in [2.05, 4.69) is 24.1 Å². The summed E-state index contributed by atoms with van der Waals surface area (Å²) in [5, 5.41) is 3.10. The van der Waals surface area contributed by atoms with E-state index in [-0.39, 0.29) is 5.91 Å². The van der Waals surface area contributed by atoms with Crippen LogP contribution in [0.4, 0.5) is 0 Å². The predicted molar refractivity (Wildman–Crippen MR) is 70.8 cm³/mol. The van der Waals surface area contributed by atoms with E-state index in [1.807, 2.05) is 0 Å². The van der Waals surface area contributed by atoms with Gasteiger partial charge in [-0.25, -0.2) is 0 Å². The van der Waals surface area contributed by atoms with Crippen molar-refractivity contribution in [2.75, 3.05) is 13.1 Å². The smallest absolute Gasteiger partial charge is 0.217 e. The summed E-state index contributed by atoms with van der Waals surface area (Å²) in [5.74, 6) is 0.0818. The second kappa shape index (κ2) is 6.97. The van der Waals surface area contributed by atoms with Crippen LogP contribution in [0.15, 0.2) is 0 Å². The van der Waals surface area contributed by atoms with Crippen molar-refractivity contribution >= 4 is 5.91 Å². The quantitative estimate of drug-likeness (QED) is 0.758. The Morgan fingerprint density at radius 3 is 2.59 bits per heavy atom. The maximum absolute atomic E-state index is 11.3. The van der Waals surface area contributed by atoms with Gasteiger partial charge in [-0.1, -0.05) is 12.8 Å². The van der Waals surface area contributed by atoms with Crippen LogP contribution in [0, 0.1) is 0 Å². The van der Waals surface area contributed by atoms with Crippen molar-refractivity contribution in [3.63, 3.8) is 0 Å². The first-order valence-electron chi connectivity index (χ1n) is 6.79. The molecule has 0 bridgehead atoms. The largest absolute Gasteiger partial charge is 0.352 e. The molecule has 0 unspecified atom stereocenters. The molecule has 1 fully saturated rings. The number of nitrogens with zero attached hydrogens (tertiary/aromatic N) is 1. The number of amides is 1. The van der Waals surface area contributed by atoms with Crippen LogP contribution in [-0.4, -0.2) is 42.0 Å². The molecule has 17 heavy (non-hydrogen) atoms. The average Bonchev–Trinajstić information content (AvgIpc) is 2.26. The van der Waals surface area contributed by atoms with Gasteiger partial charge >= 0.3 is 0 Å². The number of rotatable bonds is 5. The molecule has 3 N–H and O–H groups in total. The predicted octanol–water partition coefficient (Wildman–Crippen LogP) is 1.10. The van der Waals surface area contributed by atoms with E-state index in [4.69, 9.17) is 5.73 Å². The molecule has 2 atom stereocenters. The van der Waals surface area contributed by atoms with Gasteiger partial charge in [0, 0.05) is 38.1 Å². The van der Waals surface area contributed by atoms with Crippen LogP contribution in [0.1, 0.15) is 46.5 Å². The van der Waals surface area contributed by atoms with Gasteiger partial charge in [0.05, 0.1) is 0 Å². The van der Waals surface area contributed by atoms with Crippen molar-refractivity contribution in [1.82, 2.24) is 10.2 Å². The summed E-state index contributed by atoms with van der Waals surface area (Å²) in [6.45, 7) is 7.61. The molecule has 0 saturated heterocycles. The summed E-state index contributed by atoms with van der Waals surface area (Å²) in [5.41, 5.74) is 5.69. The van der Waals surface area contributed by atoms with Crippen molar-refractivity contribution in [3.05, 3.63) is 0 Å². The van der Waals surface area contributed by atoms with Crippen LogP contribution in [0.5, 0.6) is 0 Å². The normalized spacial score (nSPS) is 25.3. The summed E-state index contributed by atoms with van der Waals surface area (Å²) in [7, 11) is 0. The highest BCUT2D eigenvalue weighted by atomic mass is 16.1. The standard InChI is InChI=1S/C13H27N3O/c1-10(2)16(9-8-14)13-7-5-4-6-12(13)15-11(3)17/h10,12-13H,4-9,14H2,1-3H3,(H,15,17)/t12-,13+/m0/s1. The lowest BCUT2D eigenvalue weighted by atomic mass is 9.88. The van der Waals surface area contributed by atoms with Gasteiger partial charge in [-0.2, -0.15) is 0 Å². The van der Waals surface area contributed by atoms with E-state index in [9.17, 15) is 4.79 Å². The van der Waals surface area contributed by atoms with E-state index < -0.39 is 0 Å². The molecule has 0 radical (unpaired) electrons. The van der Waals surface area contributed by atoms with Crippen LogP contribution >= 0.6 is 0 Å². The highest BCUT2D eigenvalue weighted by molar-refractivity contribution is 5.73. The summed E-state index contributed by atoms with van der Waals surface area (Å²) in [6.07, 6.45) is 4.74. The lowest BCUT2D eigenvalue weighted by Crippen LogP contribution is -2.55. The minimum Gasteiger partial charge on any atom is -0.352 e. The third-order valence-electron chi connectivity index (χ3n) is 3.59. The first-order chi connectivity index (χ1) is 8.06. The third-order valence-corrected chi connectivity index (χ3v) is 3.59. The van der Waals surface area contributed by atoms with Crippen LogP contribution in [0.3, 0.4) is 0 Å². The highest BCUT2D eigenvalue weighted by Crippen LogP contribution is 2.24. The van der Waals surface area contributed by atoms with E-state index in [0.717, 1.165) is 13.0 Å². The zero-order chi connectivity index (χ0) is 12.8. The molecule has 0 aromatic heterocycles. The van der Waals surface area contributed by atoms with Gasteiger partial charge in [0.1, 0.15) is 0 Å². The first-order valence-corrected chi connectivity index (χ1v) is 6.79. The topological polar surface area (TPSA) is 58.4 Å². The molecule has 1 aliphatic rings. The van der Waals surface area contributed by atoms with E-state index in [1.54, 1.807) is 6.92 Å². The summed E-state index contributed by atoms with van der Waals surface area (Å²) >= 11 is 0. The molecule has 1 amide bonds. The zero-order valence-corrected chi connectivity index (χ0v) is 11.4. The molecular formula is C13H27N3O. The van der Waals surface area contributed by atoms with Crippen LogP contribution < -0.4 is 11.1 Å². The van der Waals surface area contributed by atoms with Gasteiger partial charge < -0.3 is 11.1 Å². The Balaban J connectivity index is 2.69. The summed E-state index contributed by atoms with van der Waals surface area (Å²) in [4.78, 5) is 13.7. The number of carbonyl (C=O) groups excluding carboxylic acids is 1. The van der Waals surface area contributed by atoms with Crippen molar-refractivity contribution in [3.8, 4) is 0 Å². The third kappa shape index (κ3) is 4.28. The fourth-order valence-electron chi connectivity index (χ4n) is 2.89. The van der Waals surface area contributed by atoms with Crippen LogP contribution in [0.25, 0.3) is 0 Å². The molecule has 1 aliphatic carbocycles. The molecule has 0 aliphatic heterocycles. The Kier molecular flexibility index (Phi) is 5.92. The number of nitrogens with one attached hydrogen (secondary N) is 1. The minimum absolute atomic E-state index is 0.0818. The van der Waals surface area contributed by atoms with Gasteiger partial charge in [0.15, 0.2) is 0 Å². The van der Waals surface area contributed by atoms with Gasteiger partial charge in [0.2, 0.25) is 5.91 Å². The van der Waals surface area contributed by atoms with Crippen LogP contribution in [0.2, 0.25) is 0 Å². The molecule has 0 spiro atoms. The zero-order valence-electron chi connectivity index (χ0n) is 11.4. The summed E-state index contributed by atoms with van der Waals surface area (Å²) < 4.78 is 0. The summed E-state index contributed by atoms with van der Waals surface area (Å²) in [6, 6.07) is 1.24. The van der Waals surface area contributed by atoms with Crippen molar-refractivity contribution in [2.24, 2.45) is 5.73 Å². The molecule has 0 aromatic carbocycles. The number of hydrogen-bond acceptors (Lipinski definition) is 3. The fourth-order valence-corrected chi connectivity index (χ4v) is 2.89. The van der Waals surface area contributed by atoms with Crippen molar-refractivity contribution in [1.29, 1.82) is 0 Å². The Labute approximate surface area is 105 Å². The average molecular weight is 241 g/mol. The lowest BCUT2D eigenvalue weighted by molar-refractivity contribution is -0.120. The molecule has 4 heteroatoms. The number of carbonyl (C=O) groups is 1. The SMILES string of the molecule is CC(=O)N[C@H]1CCCC[C@H]1N(CCN)C(C)C. The van der Waals surface area contributed by atoms with Gasteiger partial charge in [-0.3, -0.25) is 9.69 Å². The number of hydrogen-bond donors (Lipinski definition) is 2. The maximum Gasteiger partial charge on any atom is 0.217 e.